The highest BCUT2D eigenvalue weighted by atomic mass is 35.5. The number of rotatable bonds is 5. The van der Waals surface area contributed by atoms with Crippen LogP contribution in [0, 0.1) is 0 Å². The van der Waals surface area contributed by atoms with E-state index in [1.807, 2.05) is 26.1 Å². The lowest BCUT2D eigenvalue weighted by atomic mass is 10.1. The molecule has 0 unspecified atom stereocenters. The Labute approximate surface area is 129 Å². The van der Waals surface area contributed by atoms with Crippen molar-refractivity contribution < 1.29 is 14.3 Å². The van der Waals surface area contributed by atoms with Crippen LogP contribution in [0.25, 0.3) is 0 Å². The molecule has 0 aliphatic heterocycles. The standard InChI is InChI=1S/C14H20ClN3O3/c1-14(2,3)17-7-9-6-10(15)4-5-11(9)21-8-12(19)18-13(16)20/h4-6,17H,7-8H2,1-3H3,(H3,16,18,19,20). The van der Waals surface area contributed by atoms with Gasteiger partial charge in [-0.1, -0.05) is 11.6 Å². The minimum Gasteiger partial charge on any atom is -0.483 e. The molecule has 0 radical (unpaired) electrons. The summed E-state index contributed by atoms with van der Waals surface area (Å²) in [4.78, 5) is 21.9. The van der Waals surface area contributed by atoms with E-state index in [-0.39, 0.29) is 12.1 Å². The topological polar surface area (TPSA) is 93.4 Å². The molecule has 3 amide bonds. The molecule has 6 nitrogen and oxygen atoms in total. The normalized spacial score (nSPS) is 11.0. The van der Waals surface area contributed by atoms with Gasteiger partial charge in [-0.15, -0.1) is 0 Å². The maximum absolute atomic E-state index is 11.3. The van der Waals surface area contributed by atoms with Crippen LogP contribution in [0.5, 0.6) is 5.75 Å². The lowest BCUT2D eigenvalue weighted by molar-refractivity contribution is -0.121. The lowest BCUT2D eigenvalue weighted by Gasteiger charge is -2.21. The Morgan fingerprint density at radius 1 is 1.33 bits per heavy atom. The molecule has 1 rings (SSSR count). The van der Waals surface area contributed by atoms with E-state index in [9.17, 15) is 9.59 Å². The highest BCUT2D eigenvalue weighted by Crippen LogP contribution is 2.23. The molecule has 1 aromatic carbocycles. The molecular formula is C14H20ClN3O3. The zero-order valence-corrected chi connectivity index (χ0v) is 13.1. The fourth-order valence-corrected chi connectivity index (χ4v) is 1.70. The van der Waals surface area contributed by atoms with Crippen LogP contribution >= 0.6 is 11.6 Å². The summed E-state index contributed by atoms with van der Waals surface area (Å²) >= 11 is 5.97. The molecule has 0 atom stereocenters. The number of nitrogens with two attached hydrogens (primary N) is 1. The third-order valence-electron chi connectivity index (χ3n) is 2.45. The molecule has 0 aromatic heterocycles. The molecular weight excluding hydrogens is 294 g/mol. The van der Waals surface area contributed by atoms with Gasteiger partial charge >= 0.3 is 6.03 Å². The van der Waals surface area contributed by atoms with Gasteiger partial charge in [0.25, 0.3) is 5.91 Å². The van der Waals surface area contributed by atoms with E-state index in [4.69, 9.17) is 22.1 Å². The van der Waals surface area contributed by atoms with E-state index in [1.54, 1.807) is 18.2 Å². The maximum atomic E-state index is 11.3. The first-order valence-electron chi connectivity index (χ1n) is 6.43. The van der Waals surface area contributed by atoms with E-state index >= 15 is 0 Å². The third-order valence-corrected chi connectivity index (χ3v) is 2.69. The number of urea groups is 1. The molecule has 116 valence electrons. The van der Waals surface area contributed by atoms with Crippen molar-refractivity contribution in [2.45, 2.75) is 32.9 Å². The largest absolute Gasteiger partial charge is 0.483 e. The second kappa shape index (κ2) is 7.28. The highest BCUT2D eigenvalue weighted by molar-refractivity contribution is 6.30. The number of ether oxygens (including phenoxy) is 1. The fraction of sp³-hybridized carbons (Fsp3) is 0.429. The van der Waals surface area contributed by atoms with Crippen molar-refractivity contribution in [2.75, 3.05) is 6.61 Å². The summed E-state index contributed by atoms with van der Waals surface area (Å²) in [7, 11) is 0. The third kappa shape index (κ3) is 6.97. The predicted octanol–water partition coefficient (Wildman–Crippen LogP) is 1.80. The van der Waals surface area contributed by atoms with E-state index in [2.05, 4.69) is 5.32 Å². The zero-order chi connectivity index (χ0) is 16.0. The maximum Gasteiger partial charge on any atom is 0.318 e. The Hall–Kier alpha value is -1.79. The number of benzene rings is 1. The van der Waals surface area contributed by atoms with Gasteiger partial charge in [-0.25, -0.2) is 4.79 Å². The first kappa shape index (κ1) is 17.3. The molecule has 7 heteroatoms. The fourth-order valence-electron chi connectivity index (χ4n) is 1.50. The Bertz CT molecular complexity index is 527. The quantitative estimate of drug-likeness (QED) is 0.772. The first-order valence-corrected chi connectivity index (χ1v) is 6.81. The Balaban J connectivity index is 2.72. The van der Waals surface area contributed by atoms with Crippen LogP contribution in [0.4, 0.5) is 4.79 Å². The molecule has 4 N–H and O–H groups in total. The summed E-state index contributed by atoms with van der Waals surface area (Å²) in [6.45, 7) is 6.36. The lowest BCUT2D eigenvalue weighted by Crippen LogP contribution is -2.38. The monoisotopic (exact) mass is 313 g/mol. The number of nitrogens with one attached hydrogen (secondary N) is 2. The van der Waals surface area contributed by atoms with Crippen LogP contribution in [-0.4, -0.2) is 24.1 Å². The van der Waals surface area contributed by atoms with E-state index in [0.717, 1.165) is 5.56 Å². The summed E-state index contributed by atoms with van der Waals surface area (Å²) in [5, 5.41) is 5.82. The van der Waals surface area contributed by atoms with Crippen LogP contribution in [0.1, 0.15) is 26.3 Å². The molecule has 0 heterocycles. The van der Waals surface area contributed by atoms with Crippen molar-refractivity contribution in [1.82, 2.24) is 10.6 Å². The van der Waals surface area contributed by atoms with Gasteiger partial charge in [0, 0.05) is 22.7 Å². The van der Waals surface area contributed by atoms with Gasteiger partial charge in [-0.2, -0.15) is 0 Å². The van der Waals surface area contributed by atoms with Crippen LogP contribution in [0.3, 0.4) is 0 Å². The van der Waals surface area contributed by atoms with Gasteiger partial charge in [0.1, 0.15) is 5.75 Å². The number of carbonyl (C=O) groups excluding carboxylic acids is 2. The summed E-state index contributed by atoms with van der Waals surface area (Å²) < 4.78 is 5.40. The molecule has 0 aliphatic rings. The van der Waals surface area contributed by atoms with Crippen LogP contribution in [-0.2, 0) is 11.3 Å². The highest BCUT2D eigenvalue weighted by Gasteiger charge is 2.13. The number of imide groups is 1. The van der Waals surface area contributed by atoms with E-state index in [1.165, 1.54) is 0 Å². The number of halogens is 1. The summed E-state index contributed by atoms with van der Waals surface area (Å²) in [5.74, 6) is -0.0806. The van der Waals surface area contributed by atoms with Crippen molar-refractivity contribution in [3.8, 4) is 5.75 Å². The number of hydrogen-bond donors (Lipinski definition) is 3. The number of amides is 3. The first-order chi connectivity index (χ1) is 9.67. The van der Waals surface area contributed by atoms with Gasteiger partial charge in [0.15, 0.2) is 6.61 Å². The Kier molecular flexibility index (Phi) is 5.99. The number of hydrogen-bond acceptors (Lipinski definition) is 4. The van der Waals surface area contributed by atoms with Crippen molar-refractivity contribution in [3.63, 3.8) is 0 Å². The molecule has 0 bridgehead atoms. The van der Waals surface area contributed by atoms with Crippen molar-refractivity contribution in [1.29, 1.82) is 0 Å². The molecule has 0 saturated heterocycles. The Morgan fingerprint density at radius 2 is 2.00 bits per heavy atom. The van der Waals surface area contributed by atoms with Gasteiger partial charge in [-0.05, 0) is 39.0 Å². The smallest absolute Gasteiger partial charge is 0.318 e. The molecule has 0 spiro atoms. The average molecular weight is 314 g/mol. The zero-order valence-electron chi connectivity index (χ0n) is 12.3. The summed E-state index contributed by atoms with van der Waals surface area (Å²) in [6, 6.07) is 4.21. The SMILES string of the molecule is CC(C)(C)NCc1cc(Cl)ccc1OCC(=O)NC(N)=O. The van der Waals surface area contributed by atoms with E-state index in [0.29, 0.717) is 17.3 Å². The number of carbonyl (C=O) groups is 2. The predicted molar refractivity (Wildman–Crippen MR) is 81.3 cm³/mol. The molecule has 0 saturated carbocycles. The average Bonchev–Trinajstić information content (AvgIpc) is 2.33. The van der Waals surface area contributed by atoms with Gasteiger partial charge in [0.2, 0.25) is 0 Å². The molecule has 1 aromatic rings. The van der Waals surface area contributed by atoms with E-state index < -0.39 is 11.9 Å². The molecule has 0 fully saturated rings. The second-order valence-electron chi connectivity index (χ2n) is 5.56. The van der Waals surface area contributed by atoms with Crippen molar-refractivity contribution >= 4 is 23.5 Å². The minimum atomic E-state index is -0.908. The Morgan fingerprint density at radius 3 is 2.57 bits per heavy atom. The van der Waals surface area contributed by atoms with Gasteiger partial charge in [0.05, 0.1) is 0 Å². The van der Waals surface area contributed by atoms with Crippen LogP contribution in [0.15, 0.2) is 18.2 Å². The summed E-state index contributed by atoms with van der Waals surface area (Å²) in [5.41, 5.74) is 5.61. The van der Waals surface area contributed by atoms with Crippen molar-refractivity contribution in [2.24, 2.45) is 5.73 Å². The summed E-state index contributed by atoms with van der Waals surface area (Å²) in [6.07, 6.45) is 0. The van der Waals surface area contributed by atoms with Gasteiger partial charge < -0.3 is 15.8 Å². The van der Waals surface area contributed by atoms with Gasteiger partial charge in [-0.3, -0.25) is 10.1 Å². The van der Waals surface area contributed by atoms with Crippen molar-refractivity contribution in [3.05, 3.63) is 28.8 Å². The molecule has 21 heavy (non-hydrogen) atoms. The number of primary amides is 1. The van der Waals surface area contributed by atoms with Crippen LogP contribution in [0.2, 0.25) is 5.02 Å². The molecule has 0 aliphatic carbocycles. The minimum absolute atomic E-state index is 0.0665. The van der Waals surface area contributed by atoms with Crippen LogP contribution < -0.4 is 21.1 Å². The second-order valence-corrected chi connectivity index (χ2v) is 5.99.